The number of carbonyl (C=O) groups is 1. The Labute approximate surface area is 120 Å². The molecule has 1 aromatic rings. The Morgan fingerprint density at radius 1 is 1.30 bits per heavy atom. The topological polar surface area (TPSA) is 38.8 Å². The SMILES string of the molecule is COc1ccc(C(=O)CN2CCCC(C)(OC)C2)cc1. The Hall–Kier alpha value is -1.39. The first-order valence-corrected chi connectivity index (χ1v) is 7.01. The lowest BCUT2D eigenvalue weighted by Gasteiger charge is -2.39. The number of piperidine rings is 1. The summed E-state index contributed by atoms with van der Waals surface area (Å²) in [6.07, 6.45) is 2.12. The van der Waals surface area contributed by atoms with E-state index in [0.717, 1.165) is 37.2 Å². The van der Waals surface area contributed by atoms with Gasteiger partial charge in [-0.2, -0.15) is 0 Å². The van der Waals surface area contributed by atoms with Gasteiger partial charge in [-0.1, -0.05) is 0 Å². The highest BCUT2D eigenvalue weighted by atomic mass is 16.5. The van der Waals surface area contributed by atoms with Gasteiger partial charge in [0.25, 0.3) is 0 Å². The van der Waals surface area contributed by atoms with Gasteiger partial charge in [0.2, 0.25) is 0 Å². The maximum Gasteiger partial charge on any atom is 0.176 e. The van der Waals surface area contributed by atoms with Crippen molar-refractivity contribution in [3.05, 3.63) is 29.8 Å². The number of rotatable bonds is 5. The van der Waals surface area contributed by atoms with Crippen LogP contribution in [-0.4, -0.2) is 50.1 Å². The lowest BCUT2D eigenvalue weighted by molar-refractivity contribution is -0.0485. The standard InChI is InChI=1S/C16H23NO3/c1-16(20-3)9-4-10-17(12-16)11-15(18)13-5-7-14(19-2)8-6-13/h5-8H,4,9-12H2,1-3H3. The molecule has 1 atom stereocenters. The Bertz CT molecular complexity index is 457. The summed E-state index contributed by atoms with van der Waals surface area (Å²) >= 11 is 0. The number of nitrogens with zero attached hydrogens (tertiary/aromatic N) is 1. The molecule has 0 bridgehead atoms. The van der Waals surface area contributed by atoms with Crippen molar-refractivity contribution in [3.63, 3.8) is 0 Å². The van der Waals surface area contributed by atoms with Crippen molar-refractivity contribution < 1.29 is 14.3 Å². The maximum absolute atomic E-state index is 12.3. The van der Waals surface area contributed by atoms with E-state index in [4.69, 9.17) is 9.47 Å². The third kappa shape index (κ3) is 3.58. The van der Waals surface area contributed by atoms with Crippen LogP contribution in [0.3, 0.4) is 0 Å². The van der Waals surface area contributed by atoms with Gasteiger partial charge in [0, 0.05) is 19.2 Å². The van der Waals surface area contributed by atoms with E-state index in [9.17, 15) is 4.79 Å². The van der Waals surface area contributed by atoms with E-state index < -0.39 is 0 Å². The van der Waals surface area contributed by atoms with Gasteiger partial charge in [0.1, 0.15) is 5.75 Å². The van der Waals surface area contributed by atoms with Gasteiger partial charge in [-0.05, 0) is 50.6 Å². The first-order valence-electron chi connectivity index (χ1n) is 7.01. The number of hydrogen-bond donors (Lipinski definition) is 0. The summed E-state index contributed by atoms with van der Waals surface area (Å²) < 4.78 is 10.7. The molecule has 1 heterocycles. The van der Waals surface area contributed by atoms with Gasteiger partial charge in [0.15, 0.2) is 5.78 Å². The first-order chi connectivity index (χ1) is 9.56. The lowest BCUT2D eigenvalue weighted by Crippen LogP contribution is -2.48. The van der Waals surface area contributed by atoms with Crippen molar-refractivity contribution in [1.29, 1.82) is 0 Å². The number of Topliss-reactive ketones (excluding diaryl/α,β-unsaturated/α-hetero) is 1. The molecule has 1 aliphatic rings. The largest absolute Gasteiger partial charge is 0.497 e. The van der Waals surface area contributed by atoms with Crippen molar-refractivity contribution in [2.45, 2.75) is 25.4 Å². The number of ether oxygens (including phenoxy) is 2. The van der Waals surface area contributed by atoms with Crippen LogP contribution in [0.2, 0.25) is 0 Å². The van der Waals surface area contributed by atoms with E-state index >= 15 is 0 Å². The minimum absolute atomic E-state index is 0.127. The molecule has 0 saturated carbocycles. The molecule has 0 amide bonds. The van der Waals surface area contributed by atoms with Crippen LogP contribution >= 0.6 is 0 Å². The lowest BCUT2D eigenvalue weighted by atomic mass is 9.94. The smallest absolute Gasteiger partial charge is 0.176 e. The predicted octanol–water partition coefficient (Wildman–Crippen LogP) is 2.38. The quantitative estimate of drug-likeness (QED) is 0.775. The van der Waals surface area contributed by atoms with Crippen molar-refractivity contribution in [2.75, 3.05) is 33.9 Å². The van der Waals surface area contributed by atoms with Crippen LogP contribution in [0.1, 0.15) is 30.1 Å². The Kier molecular flexibility index (Phi) is 4.78. The molecule has 1 fully saturated rings. The number of ketones is 1. The van der Waals surface area contributed by atoms with E-state index in [1.807, 2.05) is 24.3 Å². The van der Waals surface area contributed by atoms with Crippen LogP contribution in [0.5, 0.6) is 5.75 Å². The zero-order valence-corrected chi connectivity index (χ0v) is 12.5. The summed E-state index contributed by atoms with van der Waals surface area (Å²) in [5.41, 5.74) is 0.605. The molecule has 1 aromatic carbocycles. The highest BCUT2D eigenvalue weighted by molar-refractivity contribution is 5.97. The monoisotopic (exact) mass is 277 g/mol. The summed E-state index contributed by atoms with van der Waals surface area (Å²) in [5, 5.41) is 0. The van der Waals surface area contributed by atoms with Gasteiger partial charge < -0.3 is 9.47 Å². The molecule has 0 spiro atoms. The number of methoxy groups -OCH3 is 2. The fourth-order valence-electron chi connectivity index (χ4n) is 2.68. The van der Waals surface area contributed by atoms with Crippen LogP contribution in [-0.2, 0) is 4.74 Å². The summed E-state index contributed by atoms with van der Waals surface area (Å²) in [7, 11) is 3.37. The Balaban J connectivity index is 1.96. The molecule has 0 aliphatic carbocycles. The van der Waals surface area contributed by atoms with Crippen LogP contribution < -0.4 is 4.74 Å². The molecule has 0 radical (unpaired) electrons. The number of likely N-dealkylation sites (tertiary alicyclic amines) is 1. The molecule has 4 heteroatoms. The minimum Gasteiger partial charge on any atom is -0.497 e. The van der Waals surface area contributed by atoms with E-state index in [-0.39, 0.29) is 11.4 Å². The Morgan fingerprint density at radius 2 is 2.00 bits per heavy atom. The molecule has 110 valence electrons. The second-order valence-corrected chi connectivity index (χ2v) is 5.62. The zero-order chi connectivity index (χ0) is 14.6. The molecule has 0 N–H and O–H groups in total. The molecule has 1 unspecified atom stereocenters. The molecule has 4 nitrogen and oxygen atoms in total. The van der Waals surface area contributed by atoms with Crippen LogP contribution in [0.15, 0.2) is 24.3 Å². The highest BCUT2D eigenvalue weighted by Crippen LogP contribution is 2.24. The number of carbonyl (C=O) groups excluding carboxylic acids is 1. The van der Waals surface area contributed by atoms with Gasteiger partial charge >= 0.3 is 0 Å². The van der Waals surface area contributed by atoms with Crippen molar-refractivity contribution in [1.82, 2.24) is 4.90 Å². The molecular weight excluding hydrogens is 254 g/mol. The summed E-state index contributed by atoms with van der Waals surface area (Å²) in [6.45, 7) is 4.33. The van der Waals surface area contributed by atoms with Crippen molar-refractivity contribution in [3.8, 4) is 5.75 Å². The van der Waals surface area contributed by atoms with Crippen molar-refractivity contribution in [2.24, 2.45) is 0 Å². The summed E-state index contributed by atoms with van der Waals surface area (Å²) in [5.74, 6) is 0.916. The molecule has 1 aliphatic heterocycles. The fraction of sp³-hybridized carbons (Fsp3) is 0.562. The van der Waals surface area contributed by atoms with Crippen LogP contribution in [0.4, 0.5) is 0 Å². The van der Waals surface area contributed by atoms with Crippen LogP contribution in [0, 0.1) is 0 Å². The minimum atomic E-state index is -0.127. The van der Waals surface area contributed by atoms with E-state index in [1.54, 1.807) is 14.2 Å². The zero-order valence-electron chi connectivity index (χ0n) is 12.5. The average molecular weight is 277 g/mol. The third-order valence-electron chi connectivity index (χ3n) is 4.01. The normalized spacial score (nSPS) is 23.6. The summed E-state index contributed by atoms with van der Waals surface area (Å²) in [6, 6.07) is 7.28. The van der Waals surface area contributed by atoms with E-state index in [1.165, 1.54) is 0 Å². The fourth-order valence-corrected chi connectivity index (χ4v) is 2.68. The van der Waals surface area contributed by atoms with Gasteiger partial charge in [-0.3, -0.25) is 9.69 Å². The molecule has 20 heavy (non-hydrogen) atoms. The third-order valence-corrected chi connectivity index (χ3v) is 4.01. The van der Waals surface area contributed by atoms with E-state index in [0.29, 0.717) is 6.54 Å². The second-order valence-electron chi connectivity index (χ2n) is 5.62. The van der Waals surface area contributed by atoms with Gasteiger partial charge in [-0.25, -0.2) is 0 Å². The summed E-state index contributed by atoms with van der Waals surface area (Å²) in [4.78, 5) is 14.5. The molecule has 1 saturated heterocycles. The molecular formula is C16H23NO3. The first kappa shape index (κ1) is 15.0. The molecule has 2 rings (SSSR count). The number of hydrogen-bond acceptors (Lipinski definition) is 4. The number of benzene rings is 1. The predicted molar refractivity (Wildman–Crippen MR) is 78.4 cm³/mol. The molecule has 0 aromatic heterocycles. The second kappa shape index (κ2) is 6.37. The van der Waals surface area contributed by atoms with Gasteiger partial charge in [0.05, 0.1) is 19.3 Å². The Morgan fingerprint density at radius 3 is 2.60 bits per heavy atom. The average Bonchev–Trinajstić information content (AvgIpc) is 2.47. The van der Waals surface area contributed by atoms with Crippen molar-refractivity contribution >= 4 is 5.78 Å². The van der Waals surface area contributed by atoms with Crippen LogP contribution in [0.25, 0.3) is 0 Å². The van der Waals surface area contributed by atoms with Gasteiger partial charge in [-0.15, -0.1) is 0 Å². The highest BCUT2D eigenvalue weighted by Gasteiger charge is 2.31. The van der Waals surface area contributed by atoms with E-state index in [2.05, 4.69) is 11.8 Å². The maximum atomic E-state index is 12.3.